The fourth-order valence-electron chi connectivity index (χ4n) is 4.00. The molecule has 3 N–H and O–H groups in total. The average Bonchev–Trinajstić information content (AvgIpc) is 3.28. The Morgan fingerprint density at radius 1 is 1.16 bits per heavy atom. The van der Waals surface area contributed by atoms with Crippen LogP contribution >= 0.6 is 0 Å². The Morgan fingerprint density at radius 2 is 2.10 bits per heavy atom. The van der Waals surface area contributed by atoms with Gasteiger partial charge in [0.15, 0.2) is 0 Å². The first-order valence-electron chi connectivity index (χ1n) is 10.5. The van der Waals surface area contributed by atoms with Crippen LogP contribution in [0.5, 0.6) is 5.75 Å². The molecular formula is C23H25N7O. The SMILES string of the molecule is COc1ccccc1NC1CCCN(c2nccc(Nc3ccc4[nH]ncc4c3)n2)C1. The van der Waals surface area contributed by atoms with Crippen LogP contribution in [0.3, 0.4) is 0 Å². The van der Waals surface area contributed by atoms with E-state index in [1.165, 1.54) is 0 Å². The molecule has 5 rings (SSSR count). The molecule has 8 nitrogen and oxygen atoms in total. The van der Waals surface area contributed by atoms with E-state index in [9.17, 15) is 0 Å². The van der Waals surface area contributed by atoms with Crippen LogP contribution in [0.25, 0.3) is 10.9 Å². The van der Waals surface area contributed by atoms with Crippen molar-refractivity contribution < 1.29 is 4.74 Å². The summed E-state index contributed by atoms with van der Waals surface area (Å²) in [6, 6.07) is 16.3. The van der Waals surface area contributed by atoms with Gasteiger partial charge in [-0.05, 0) is 49.2 Å². The summed E-state index contributed by atoms with van der Waals surface area (Å²) < 4.78 is 5.48. The molecule has 2 aromatic carbocycles. The number of aromatic nitrogens is 4. The minimum atomic E-state index is 0.300. The summed E-state index contributed by atoms with van der Waals surface area (Å²) in [5.74, 6) is 2.37. The first-order valence-corrected chi connectivity index (χ1v) is 10.5. The van der Waals surface area contributed by atoms with Gasteiger partial charge in [0, 0.05) is 36.4 Å². The van der Waals surface area contributed by atoms with Crippen LogP contribution in [-0.2, 0) is 0 Å². The maximum Gasteiger partial charge on any atom is 0.227 e. The molecule has 4 aromatic rings. The van der Waals surface area contributed by atoms with Crippen LogP contribution in [0.1, 0.15) is 12.8 Å². The van der Waals surface area contributed by atoms with Crippen molar-refractivity contribution in [3.05, 3.63) is 60.9 Å². The number of hydrogen-bond donors (Lipinski definition) is 3. The Hall–Kier alpha value is -3.81. The second-order valence-corrected chi connectivity index (χ2v) is 7.67. The normalized spacial score (nSPS) is 16.3. The number of fused-ring (bicyclic) bond motifs is 1. The van der Waals surface area contributed by atoms with Crippen LogP contribution in [0.15, 0.2) is 60.9 Å². The fourth-order valence-corrected chi connectivity index (χ4v) is 4.00. The molecule has 0 saturated carbocycles. The maximum absolute atomic E-state index is 5.48. The number of piperidine rings is 1. The van der Waals surface area contributed by atoms with Crippen molar-refractivity contribution in [1.82, 2.24) is 20.2 Å². The van der Waals surface area contributed by atoms with Crippen LogP contribution in [0.4, 0.5) is 23.1 Å². The lowest BCUT2D eigenvalue weighted by Gasteiger charge is -2.34. The van der Waals surface area contributed by atoms with Gasteiger partial charge in [-0.2, -0.15) is 10.1 Å². The van der Waals surface area contributed by atoms with Gasteiger partial charge in [-0.3, -0.25) is 5.10 Å². The Labute approximate surface area is 180 Å². The highest BCUT2D eigenvalue weighted by Gasteiger charge is 2.22. The van der Waals surface area contributed by atoms with Gasteiger partial charge >= 0.3 is 0 Å². The van der Waals surface area contributed by atoms with E-state index in [2.05, 4.69) is 42.8 Å². The van der Waals surface area contributed by atoms with Crippen LogP contribution in [0, 0.1) is 0 Å². The molecule has 0 bridgehead atoms. The predicted octanol–water partition coefficient (Wildman–Crippen LogP) is 4.19. The predicted molar refractivity (Wildman–Crippen MR) is 123 cm³/mol. The standard InChI is InChI=1S/C23H25N7O/c1-31-21-7-3-2-6-20(21)26-18-5-4-12-30(15-18)23-24-11-10-22(28-23)27-17-8-9-19-16(13-17)14-25-29-19/h2-3,6-11,13-14,18,26H,4-5,12,15H2,1H3,(H,25,29)(H,24,27,28). The number of H-pyrrole nitrogens is 1. The maximum atomic E-state index is 5.48. The Balaban J connectivity index is 1.29. The summed E-state index contributed by atoms with van der Waals surface area (Å²) in [4.78, 5) is 11.5. The summed E-state index contributed by atoms with van der Waals surface area (Å²) in [5, 5.41) is 15.1. The molecule has 1 unspecified atom stereocenters. The van der Waals surface area contributed by atoms with Crippen molar-refractivity contribution in [3.8, 4) is 5.75 Å². The van der Waals surface area contributed by atoms with E-state index in [-0.39, 0.29) is 0 Å². The van der Waals surface area contributed by atoms with Crippen molar-refractivity contribution in [1.29, 1.82) is 0 Å². The lowest BCUT2D eigenvalue weighted by Crippen LogP contribution is -2.43. The van der Waals surface area contributed by atoms with E-state index in [4.69, 9.17) is 9.72 Å². The third-order valence-corrected chi connectivity index (χ3v) is 5.53. The summed E-state index contributed by atoms with van der Waals surface area (Å²) >= 11 is 0. The largest absolute Gasteiger partial charge is 0.495 e. The Morgan fingerprint density at radius 3 is 3.03 bits per heavy atom. The number of hydrogen-bond acceptors (Lipinski definition) is 7. The van der Waals surface area contributed by atoms with Gasteiger partial charge in [0.2, 0.25) is 5.95 Å². The van der Waals surface area contributed by atoms with Gasteiger partial charge < -0.3 is 20.3 Å². The van der Waals surface area contributed by atoms with Crippen molar-refractivity contribution in [2.75, 3.05) is 35.7 Å². The molecule has 1 fully saturated rings. The summed E-state index contributed by atoms with van der Waals surface area (Å²) in [5.41, 5.74) is 2.99. The van der Waals surface area contributed by atoms with Gasteiger partial charge in [0.1, 0.15) is 11.6 Å². The first-order chi connectivity index (χ1) is 15.3. The number of nitrogens with zero attached hydrogens (tertiary/aromatic N) is 4. The average molecular weight is 416 g/mol. The number of benzene rings is 2. The van der Waals surface area contributed by atoms with Crippen LogP contribution < -0.4 is 20.3 Å². The molecule has 1 aliphatic heterocycles. The fraction of sp³-hybridized carbons (Fsp3) is 0.261. The minimum absolute atomic E-state index is 0.300. The summed E-state index contributed by atoms with van der Waals surface area (Å²) in [7, 11) is 1.70. The van der Waals surface area contributed by atoms with E-state index >= 15 is 0 Å². The summed E-state index contributed by atoms with van der Waals surface area (Å²) in [6.45, 7) is 1.77. The molecular weight excluding hydrogens is 390 g/mol. The van der Waals surface area contributed by atoms with Crippen molar-refractivity contribution in [2.24, 2.45) is 0 Å². The molecule has 2 aromatic heterocycles. The second kappa shape index (κ2) is 8.51. The zero-order valence-electron chi connectivity index (χ0n) is 17.4. The molecule has 0 radical (unpaired) electrons. The highest BCUT2D eigenvalue weighted by Crippen LogP contribution is 2.27. The Kier molecular flexibility index (Phi) is 5.26. The number of methoxy groups -OCH3 is 1. The first kappa shape index (κ1) is 19.2. The molecule has 0 aliphatic carbocycles. The van der Waals surface area contributed by atoms with Crippen LogP contribution in [-0.4, -0.2) is 46.4 Å². The molecule has 0 spiro atoms. The monoisotopic (exact) mass is 415 g/mol. The van der Waals surface area contributed by atoms with E-state index in [1.807, 2.05) is 42.6 Å². The number of aromatic amines is 1. The topological polar surface area (TPSA) is 91.0 Å². The number of para-hydroxylation sites is 2. The number of rotatable bonds is 6. The lowest BCUT2D eigenvalue weighted by molar-refractivity contribution is 0.415. The zero-order chi connectivity index (χ0) is 21.0. The highest BCUT2D eigenvalue weighted by molar-refractivity contribution is 5.82. The molecule has 0 amide bonds. The highest BCUT2D eigenvalue weighted by atomic mass is 16.5. The Bertz CT molecular complexity index is 1180. The number of anilines is 4. The smallest absolute Gasteiger partial charge is 0.227 e. The van der Waals surface area contributed by atoms with Gasteiger partial charge in [0.05, 0.1) is 24.5 Å². The van der Waals surface area contributed by atoms with Crippen LogP contribution in [0.2, 0.25) is 0 Å². The van der Waals surface area contributed by atoms with E-state index in [0.29, 0.717) is 6.04 Å². The third-order valence-electron chi connectivity index (χ3n) is 5.53. The third kappa shape index (κ3) is 4.23. The van der Waals surface area contributed by atoms with E-state index < -0.39 is 0 Å². The molecule has 1 atom stereocenters. The van der Waals surface area contributed by atoms with Gasteiger partial charge in [-0.15, -0.1) is 0 Å². The molecule has 158 valence electrons. The number of nitrogens with one attached hydrogen (secondary N) is 3. The molecule has 31 heavy (non-hydrogen) atoms. The minimum Gasteiger partial charge on any atom is -0.495 e. The molecule has 1 saturated heterocycles. The van der Waals surface area contributed by atoms with Gasteiger partial charge in [-0.25, -0.2) is 4.98 Å². The van der Waals surface area contributed by atoms with Crippen molar-refractivity contribution in [2.45, 2.75) is 18.9 Å². The van der Waals surface area contributed by atoms with Gasteiger partial charge in [0.25, 0.3) is 0 Å². The van der Waals surface area contributed by atoms with E-state index in [0.717, 1.165) is 65.7 Å². The number of ether oxygens (including phenoxy) is 1. The quantitative estimate of drug-likeness (QED) is 0.435. The summed E-state index contributed by atoms with van der Waals surface area (Å²) in [6.07, 6.45) is 5.79. The molecule has 1 aliphatic rings. The molecule has 8 heteroatoms. The molecule has 3 heterocycles. The zero-order valence-corrected chi connectivity index (χ0v) is 17.4. The van der Waals surface area contributed by atoms with Gasteiger partial charge in [-0.1, -0.05) is 12.1 Å². The van der Waals surface area contributed by atoms with E-state index in [1.54, 1.807) is 13.3 Å². The second-order valence-electron chi connectivity index (χ2n) is 7.67. The van der Waals surface area contributed by atoms with Crippen molar-refractivity contribution >= 4 is 34.0 Å². The lowest BCUT2D eigenvalue weighted by atomic mass is 10.1. The van der Waals surface area contributed by atoms with Crippen molar-refractivity contribution in [3.63, 3.8) is 0 Å².